The van der Waals surface area contributed by atoms with Gasteiger partial charge in [-0.15, -0.1) is 11.3 Å². The van der Waals surface area contributed by atoms with Crippen LogP contribution in [0.3, 0.4) is 0 Å². The molecule has 37 heavy (non-hydrogen) atoms. The van der Waals surface area contributed by atoms with Crippen LogP contribution in [0.1, 0.15) is 0 Å². The van der Waals surface area contributed by atoms with Gasteiger partial charge in [0, 0.05) is 25.6 Å². The van der Waals surface area contributed by atoms with Crippen LogP contribution in [0.4, 0.5) is 0 Å². The summed E-state index contributed by atoms with van der Waals surface area (Å²) in [4.78, 5) is 0. The molecule has 0 unspecified atom stereocenters. The molecule has 0 amide bonds. The minimum atomic E-state index is 1.25. The van der Waals surface area contributed by atoms with Gasteiger partial charge in [-0.1, -0.05) is 115 Å². The highest BCUT2D eigenvalue weighted by Crippen LogP contribution is 2.43. The van der Waals surface area contributed by atoms with Crippen molar-refractivity contribution >= 4 is 63.8 Å². The quantitative estimate of drug-likeness (QED) is 0.213. The van der Waals surface area contributed by atoms with Crippen LogP contribution < -0.4 is 0 Å². The van der Waals surface area contributed by atoms with Gasteiger partial charge in [0.15, 0.2) is 0 Å². The van der Waals surface area contributed by atoms with Gasteiger partial charge >= 0.3 is 0 Å². The monoisotopic (exact) mass is 486 g/mol. The van der Waals surface area contributed by atoms with Crippen molar-refractivity contribution in [3.05, 3.63) is 133 Å². The van der Waals surface area contributed by atoms with E-state index in [1.165, 1.54) is 74.7 Å². The third-order valence-corrected chi connectivity index (χ3v) is 8.88. The second-order valence-corrected chi connectivity index (χ2v) is 10.8. The van der Waals surface area contributed by atoms with E-state index in [-0.39, 0.29) is 0 Å². The second kappa shape index (κ2) is 8.03. The fourth-order valence-electron chi connectivity index (χ4n) is 5.91. The Hall–Kier alpha value is -4.46. The average Bonchev–Trinajstić information content (AvgIpc) is 3.35. The van der Waals surface area contributed by atoms with E-state index < -0.39 is 0 Å². The van der Waals surface area contributed by atoms with Crippen molar-refractivity contribution in [2.45, 2.75) is 0 Å². The summed E-state index contributed by atoms with van der Waals surface area (Å²) in [6, 6.07) is 49.0. The first-order valence-electron chi connectivity index (χ1n) is 12.7. The second-order valence-electron chi connectivity index (χ2n) is 9.71. The van der Waals surface area contributed by atoms with Gasteiger partial charge in [-0.25, -0.2) is 0 Å². The largest absolute Gasteiger partial charge is 0.135 e. The standard InChI is InChI=1S/C36H22S/c1-2-10-26-25(9-1)21-32(28-12-4-3-11-27(26)28)23-17-19-24(20-18-23)33-22-34-30-14-7-8-16-35(30)37-36(34)31-15-6-5-13-29(31)33/h1-22H. The Bertz CT molecular complexity index is 2130. The van der Waals surface area contributed by atoms with E-state index in [4.69, 9.17) is 0 Å². The molecule has 0 aliphatic rings. The van der Waals surface area contributed by atoms with Crippen LogP contribution in [0.5, 0.6) is 0 Å². The van der Waals surface area contributed by atoms with Gasteiger partial charge in [0.1, 0.15) is 0 Å². The number of hydrogen-bond acceptors (Lipinski definition) is 1. The maximum Gasteiger partial charge on any atom is 0.0434 e. The Labute approximate surface area is 219 Å². The molecule has 1 aromatic heterocycles. The third kappa shape index (κ3) is 3.15. The van der Waals surface area contributed by atoms with Crippen LogP contribution in [0.25, 0.3) is 74.7 Å². The predicted octanol–water partition coefficient (Wildman–Crippen LogP) is 10.8. The highest BCUT2D eigenvalue weighted by Gasteiger charge is 2.14. The van der Waals surface area contributed by atoms with E-state index in [2.05, 4.69) is 133 Å². The minimum absolute atomic E-state index is 1.25. The first kappa shape index (κ1) is 20.7. The molecule has 0 fully saturated rings. The van der Waals surface area contributed by atoms with Crippen molar-refractivity contribution < 1.29 is 0 Å². The van der Waals surface area contributed by atoms with Crippen LogP contribution in [0.15, 0.2) is 133 Å². The van der Waals surface area contributed by atoms with E-state index in [0.717, 1.165) is 0 Å². The van der Waals surface area contributed by atoms with Crippen LogP contribution in [-0.4, -0.2) is 0 Å². The molecule has 0 N–H and O–H groups in total. The molecule has 0 radical (unpaired) electrons. The zero-order chi connectivity index (χ0) is 24.3. The van der Waals surface area contributed by atoms with Gasteiger partial charge in [0.05, 0.1) is 0 Å². The summed E-state index contributed by atoms with van der Waals surface area (Å²) in [5, 5.41) is 10.5. The van der Waals surface area contributed by atoms with E-state index in [1.807, 2.05) is 11.3 Å². The molecule has 7 aromatic carbocycles. The highest BCUT2D eigenvalue weighted by atomic mass is 32.1. The average molecular weight is 487 g/mol. The van der Waals surface area contributed by atoms with Gasteiger partial charge in [-0.2, -0.15) is 0 Å². The molecule has 0 nitrogen and oxygen atoms in total. The lowest BCUT2D eigenvalue weighted by atomic mass is 9.91. The van der Waals surface area contributed by atoms with Crippen molar-refractivity contribution in [1.29, 1.82) is 0 Å². The van der Waals surface area contributed by atoms with Crippen molar-refractivity contribution in [2.24, 2.45) is 0 Å². The molecular formula is C36H22S. The summed E-state index contributed by atoms with van der Waals surface area (Å²) in [6.07, 6.45) is 0. The number of hydrogen-bond donors (Lipinski definition) is 0. The molecule has 0 spiro atoms. The van der Waals surface area contributed by atoms with Crippen molar-refractivity contribution in [1.82, 2.24) is 0 Å². The number of benzene rings is 7. The summed E-state index contributed by atoms with van der Waals surface area (Å²) < 4.78 is 2.72. The molecule has 172 valence electrons. The van der Waals surface area contributed by atoms with Gasteiger partial charge in [-0.05, 0) is 67.4 Å². The van der Waals surface area contributed by atoms with Gasteiger partial charge < -0.3 is 0 Å². The maximum atomic E-state index is 2.40. The number of thiophene rings is 1. The Morgan fingerprint density at radius 2 is 0.865 bits per heavy atom. The zero-order valence-electron chi connectivity index (χ0n) is 20.1. The van der Waals surface area contributed by atoms with E-state index in [1.54, 1.807) is 0 Å². The van der Waals surface area contributed by atoms with Gasteiger partial charge in [-0.3, -0.25) is 0 Å². The number of rotatable bonds is 2. The topological polar surface area (TPSA) is 0 Å². The molecule has 8 aromatic rings. The predicted molar refractivity (Wildman–Crippen MR) is 163 cm³/mol. The van der Waals surface area contributed by atoms with E-state index in [9.17, 15) is 0 Å². The maximum absolute atomic E-state index is 2.40. The van der Waals surface area contributed by atoms with Crippen LogP contribution >= 0.6 is 11.3 Å². The zero-order valence-corrected chi connectivity index (χ0v) is 20.9. The van der Waals surface area contributed by atoms with Crippen LogP contribution in [0, 0.1) is 0 Å². The third-order valence-electron chi connectivity index (χ3n) is 7.66. The van der Waals surface area contributed by atoms with E-state index in [0.29, 0.717) is 0 Å². The molecule has 0 aliphatic heterocycles. The molecule has 0 saturated carbocycles. The SMILES string of the molecule is c1ccc2c(c1)cc(-c1ccc(-c3cc4c5ccccc5sc4c4ccccc34)cc1)c1ccccc12. The fraction of sp³-hybridized carbons (Fsp3) is 0. The Morgan fingerprint density at radius 1 is 0.351 bits per heavy atom. The first-order chi connectivity index (χ1) is 18.3. The van der Waals surface area contributed by atoms with Crippen molar-refractivity contribution in [2.75, 3.05) is 0 Å². The molecule has 1 heterocycles. The lowest BCUT2D eigenvalue weighted by Gasteiger charge is -2.13. The summed E-state index contributed by atoms with van der Waals surface area (Å²) in [7, 11) is 0. The fourth-order valence-corrected chi connectivity index (χ4v) is 7.13. The van der Waals surface area contributed by atoms with E-state index >= 15 is 0 Å². The molecule has 0 atom stereocenters. The molecule has 0 aliphatic carbocycles. The summed E-state index contributed by atoms with van der Waals surface area (Å²) in [5.74, 6) is 0. The Kier molecular flexibility index (Phi) is 4.49. The molecular weight excluding hydrogens is 464 g/mol. The van der Waals surface area contributed by atoms with Crippen LogP contribution in [0.2, 0.25) is 0 Å². The highest BCUT2D eigenvalue weighted by molar-refractivity contribution is 7.26. The molecule has 0 bridgehead atoms. The molecule has 8 rings (SSSR count). The van der Waals surface area contributed by atoms with Gasteiger partial charge in [0.25, 0.3) is 0 Å². The summed E-state index contributed by atoms with van der Waals surface area (Å²) in [6.45, 7) is 0. The minimum Gasteiger partial charge on any atom is -0.135 e. The Morgan fingerprint density at radius 3 is 1.59 bits per heavy atom. The summed E-state index contributed by atoms with van der Waals surface area (Å²) >= 11 is 1.90. The van der Waals surface area contributed by atoms with Crippen molar-refractivity contribution in [3.8, 4) is 22.3 Å². The summed E-state index contributed by atoms with van der Waals surface area (Å²) in [5.41, 5.74) is 5.07. The first-order valence-corrected chi connectivity index (χ1v) is 13.5. The normalized spacial score (nSPS) is 11.8. The van der Waals surface area contributed by atoms with Crippen molar-refractivity contribution in [3.63, 3.8) is 0 Å². The van der Waals surface area contributed by atoms with Gasteiger partial charge in [0.2, 0.25) is 0 Å². The smallest absolute Gasteiger partial charge is 0.0434 e. The van der Waals surface area contributed by atoms with Crippen LogP contribution in [-0.2, 0) is 0 Å². The molecule has 1 heteroatoms. The lowest BCUT2D eigenvalue weighted by molar-refractivity contribution is 1.64. The molecule has 0 saturated heterocycles. The lowest BCUT2D eigenvalue weighted by Crippen LogP contribution is -1.86. The number of fused-ring (bicyclic) bond motifs is 8. The Balaban J connectivity index is 1.34.